The summed E-state index contributed by atoms with van der Waals surface area (Å²) in [5.41, 5.74) is 17.4. The van der Waals surface area contributed by atoms with Crippen molar-refractivity contribution in [2.45, 2.75) is 335 Å². The van der Waals surface area contributed by atoms with Crippen LogP contribution in [-0.4, -0.2) is 154 Å². The third-order valence-electron chi connectivity index (χ3n) is 31.2. The number of aliphatic hydroxyl groups excluding tert-OH is 1. The Balaban J connectivity index is 0.000000187. The lowest BCUT2D eigenvalue weighted by atomic mass is 9.70. The van der Waals surface area contributed by atoms with Crippen molar-refractivity contribution in [3.8, 4) is 34.2 Å². The molecular formula is C121H159N13O13S3. The number of hydrogen-bond donors (Lipinski definition) is 11. The van der Waals surface area contributed by atoms with E-state index in [4.69, 9.17) is 30.8 Å². The van der Waals surface area contributed by atoms with Crippen molar-refractivity contribution in [1.29, 1.82) is 0 Å². The number of allylic oxidation sites excluding steroid dienone is 6. The first-order valence-corrected chi connectivity index (χ1v) is 57.3. The van der Waals surface area contributed by atoms with Crippen LogP contribution in [0, 0.1) is 53.3 Å². The van der Waals surface area contributed by atoms with E-state index in [1.807, 2.05) is 128 Å². The van der Waals surface area contributed by atoms with Crippen LogP contribution < -0.4 is 37.6 Å². The molecule has 3 saturated carbocycles. The molecule has 15 rings (SSSR count). The maximum Gasteiger partial charge on any atom is 0.328 e. The van der Waals surface area contributed by atoms with E-state index in [2.05, 4.69) is 143 Å². The molecule has 0 bridgehead atoms. The van der Waals surface area contributed by atoms with Gasteiger partial charge in [0.05, 0.1) is 27.7 Å². The van der Waals surface area contributed by atoms with E-state index in [1.54, 1.807) is 18.2 Å². The molecule has 0 radical (unpaired) electrons. The molecule has 9 aromatic rings. The zero-order valence-electron chi connectivity index (χ0n) is 89.9. The van der Waals surface area contributed by atoms with E-state index in [0.717, 1.165) is 156 Å². The number of carbonyl (C=O) groups is 9. The topological polar surface area (TPSA) is 410 Å². The zero-order chi connectivity index (χ0) is 107. The molecule has 0 spiro atoms. The van der Waals surface area contributed by atoms with Gasteiger partial charge in [0.25, 0.3) is 17.7 Å². The highest BCUT2D eigenvalue weighted by Crippen LogP contribution is 2.47. The molecule has 3 unspecified atom stereocenters. The van der Waals surface area contributed by atoms with Gasteiger partial charge in [-0.3, -0.25) is 33.6 Å². The fourth-order valence-electron chi connectivity index (χ4n) is 22.2. The molecule has 6 heterocycles. The first-order chi connectivity index (χ1) is 71.9. The van der Waals surface area contributed by atoms with Crippen molar-refractivity contribution in [3.05, 3.63) is 227 Å². The Morgan fingerprint density at radius 2 is 0.640 bits per heavy atom. The normalized spacial score (nSPS) is 20.5. The van der Waals surface area contributed by atoms with Crippen LogP contribution in [0.5, 0.6) is 0 Å². The van der Waals surface area contributed by atoms with Crippen molar-refractivity contribution in [2.75, 3.05) is 19.7 Å². The van der Waals surface area contributed by atoms with Crippen LogP contribution in [0.4, 0.5) is 0 Å². The Hall–Kier alpha value is -11.6. The van der Waals surface area contributed by atoms with E-state index in [-0.39, 0.29) is 73.3 Å². The molecule has 150 heavy (non-hydrogen) atoms. The highest BCUT2D eigenvalue weighted by Gasteiger charge is 2.37. The number of nitrogens with two attached hydrogens (primary N) is 1. The molecule has 0 saturated heterocycles. The summed E-state index contributed by atoms with van der Waals surface area (Å²) in [5.74, 6) is 3.35. The molecule has 12 N–H and O–H groups in total. The molecule has 8 atom stereocenters. The molecule has 3 fully saturated rings. The number of aliphatic hydroxyl groups is 1. The highest BCUT2D eigenvalue weighted by molar-refractivity contribution is 7.14. The number of carboxylic acid groups (broad SMARTS) is 3. The van der Waals surface area contributed by atoms with Crippen LogP contribution in [0.25, 0.3) is 50.9 Å². The Morgan fingerprint density at radius 1 is 0.353 bits per heavy atom. The van der Waals surface area contributed by atoms with Gasteiger partial charge in [-0.15, -0.1) is 34.0 Å². The Kier molecular flexibility index (Phi) is 42.4. The van der Waals surface area contributed by atoms with Crippen LogP contribution in [-0.2, 0) is 64.3 Å². The van der Waals surface area contributed by atoms with Crippen molar-refractivity contribution in [3.63, 3.8) is 0 Å². The minimum Gasteiger partial charge on any atom is -0.481 e. The van der Waals surface area contributed by atoms with Crippen molar-refractivity contribution in [2.24, 2.45) is 59.0 Å². The standard InChI is InChI=1S/C41H55N5O4S.C40H52N4O5S.C40H52N4O4S/c1-5-6-26-7-11-28(12-8-26)29-15-17-30(18-16-29)32-24-43-37(44-25-32)31-13-9-27(10-14-31)23-34(38(47)45-33(21-22-42)40(49)50)46-39(48)35-19-20-36(51-35)41(2,3)4;1-5-6-25-7-11-27(12-8-25)28-15-17-29(18-16-28)31-22-41-36(42-23-31)30-13-9-26(10-14-30)21-32(37(46)44-33(24-45)39(48)49)43-38(47)34-19-20-35(50-34)40(2,3)4;1-5-6-26-7-11-28(12-8-26)29-15-17-30(18-16-29)32-24-42-37(43-25-32)31-13-9-27(10-14-31)23-33(38(47)41-22-21-36(45)46)44-39(48)34-19-20-35(49-34)40(2,3)4/h9-10,13-14,17,19-20,24-26,28-29,33-34H,5-8,11-12,15-16,18,21-23,42H2,1-4H3,(H,45,47)(H,46,48)(H,49,50);9-10,13-14,17,19-20,22-23,25,27-28,32-33,45H,5-8,11-12,15-16,18,21,24H2,1-4H3,(H,43,47)(H,44,46)(H,48,49);9-10,13-14,17,19-20,24-26,28-29,33H,5-8,11-12,15-16,18,21-23H2,1-4H3,(H,41,47)(H,44,48)(H,45,46)/t26?,28?,29?,33-,34-;25?,27?,28?,32-,33-;26?,28?,29?,33-/m000/s1. The number of carboxylic acids is 3. The quantitative estimate of drug-likeness (QED) is 0.0170. The zero-order valence-corrected chi connectivity index (χ0v) is 92.3. The number of carbonyl (C=O) groups excluding carboxylic acids is 6. The third-order valence-corrected chi connectivity index (χ3v) is 35.8. The van der Waals surface area contributed by atoms with Crippen molar-refractivity contribution >= 4 is 104 Å². The number of rotatable bonds is 40. The second-order valence-corrected chi connectivity index (χ2v) is 48.7. The SMILES string of the molecule is CCCC1CCC(C2CC=C(c3cnc(-c4ccc(C[C@H](NC(=O)c5ccc(C(C)(C)C)s5)C(=O)NCCC(=O)O)cc4)nc3)CC2)CC1.CCCC1CCC(C2CC=C(c3cnc(-c4ccc(C[C@H](NC(=O)c5ccc(C(C)(C)C)s5)C(=O)N[C@@H](CCN)C(=O)O)cc4)nc3)CC2)CC1.CCCC1CCC(C2CC=C(c3cnc(-c4ccc(C[C@H](NC(=O)c5ccc(C(C)(C)C)s5)C(=O)N[C@@H](CO)C(=O)O)cc4)nc3)CC2)CC1. The monoisotopic (exact) mass is 2100 g/mol. The predicted molar refractivity (Wildman–Crippen MR) is 599 cm³/mol. The molecule has 29 heteroatoms. The average molecular weight is 2100 g/mol. The highest BCUT2D eigenvalue weighted by atomic mass is 32.1. The minimum absolute atomic E-state index is 0.0164. The second-order valence-electron chi connectivity index (χ2n) is 45.4. The van der Waals surface area contributed by atoms with Crippen molar-refractivity contribution in [1.82, 2.24) is 61.8 Å². The van der Waals surface area contributed by atoms with Gasteiger partial charge < -0.3 is 58.1 Å². The maximum atomic E-state index is 13.4. The minimum atomic E-state index is -1.49. The summed E-state index contributed by atoms with van der Waals surface area (Å²) in [6.07, 6.45) is 54.5. The number of amides is 6. The number of aromatic nitrogens is 6. The number of nitrogens with one attached hydrogen (secondary N) is 6. The molecule has 6 aliphatic rings. The summed E-state index contributed by atoms with van der Waals surface area (Å²) < 4.78 is 0. The first kappa shape index (κ1) is 115. The van der Waals surface area contributed by atoms with Gasteiger partial charge >= 0.3 is 17.9 Å². The third kappa shape index (κ3) is 33.4. The molecule has 26 nitrogen and oxygen atoms in total. The Morgan fingerprint density at radius 3 is 0.880 bits per heavy atom. The lowest BCUT2D eigenvalue weighted by molar-refractivity contribution is -0.143. The van der Waals surface area contributed by atoms with E-state index in [0.29, 0.717) is 32.1 Å². The van der Waals surface area contributed by atoms with Crippen LogP contribution in [0.3, 0.4) is 0 Å². The molecule has 3 aromatic carbocycles. The smallest absolute Gasteiger partial charge is 0.328 e. The number of thiophene rings is 3. The molecule has 804 valence electrons. The first-order valence-electron chi connectivity index (χ1n) is 54.8. The Bertz CT molecular complexity index is 6050. The van der Waals surface area contributed by atoms with Crippen LogP contribution in [0.2, 0.25) is 0 Å². The van der Waals surface area contributed by atoms with Gasteiger partial charge in [-0.25, -0.2) is 39.5 Å². The van der Waals surface area contributed by atoms with E-state index in [9.17, 15) is 58.5 Å². The molecule has 6 aliphatic carbocycles. The molecular weight excluding hydrogens is 1940 g/mol. The number of aliphatic carboxylic acids is 3. The summed E-state index contributed by atoms with van der Waals surface area (Å²) in [6, 6.07) is 28.2. The molecule has 6 amide bonds. The van der Waals surface area contributed by atoms with Crippen LogP contribution in [0.1, 0.15) is 346 Å². The number of benzene rings is 3. The lowest BCUT2D eigenvalue weighted by Gasteiger charge is -2.35. The van der Waals surface area contributed by atoms with Gasteiger partial charge in [0.1, 0.15) is 30.2 Å². The van der Waals surface area contributed by atoms with Gasteiger partial charge in [-0.1, -0.05) is 251 Å². The Labute approximate surface area is 898 Å². The summed E-state index contributed by atoms with van der Waals surface area (Å²) in [6.45, 7) is 24.9. The van der Waals surface area contributed by atoms with E-state index in [1.165, 1.54) is 186 Å². The largest absolute Gasteiger partial charge is 0.481 e. The van der Waals surface area contributed by atoms with Gasteiger partial charge in [0.2, 0.25) is 17.7 Å². The van der Waals surface area contributed by atoms with E-state index >= 15 is 0 Å². The fraction of sp³-hybridized carbons (Fsp3) is 0.529. The van der Waals surface area contributed by atoms with Gasteiger partial charge in [-0.05, 0) is 249 Å². The van der Waals surface area contributed by atoms with Crippen LogP contribution in [0.15, 0.2) is 165 Å². The summed E-state index contributed by atoms with van der Waals surface area (Å²) in [5, 5.41) is 53.5. The fourth-order valence-corrected chi connectivity index (χ4v) is 25.1. The summed E-state index contributed by atoms with van der Waals surface area (Å²) in [4.78, 5) is 146. The van der Waals surface area contributed by atoms with Gasteiger partial charge in [-0.2, -0.15) is 0 Å². The van der Waals surface area contributed by atoms with Crippen LogP contribution >= 0.6 is 34.0 Å². The predicted octanol–water partition coefficient (Wildman–Crippen LogP) is 23.0. The molecule has 6 aromatic heterocycles. The maximum absolute atomic E-state index is 13.4. The molecule has 0 aliphatic heterocycles. The average Bonchev–Trinajstić information content (AvgIpc) is 1.27. The summed E-state index contributed by atoms with van der Waals surface area (Å²) >= 11 is 4.14. The number of nitrogens with zero attached hydrogens (tertiary/aromatic N) is 6. The second kappa shape index (κ2) is 55.1. The van der Waals surface area contributed by atoms with Crippen molar-refractivity contribution < 1.29 is 63.6 Å². The van der Waals surface area contributed by atoms with Gasteiger partial charge in [0.15, 0.2) is 17.5 Å². The van der Waals surface area contributed by atoms with Gasteiger partial charge in [0, 0.05) is 111 Å². The number of hydrogen-bond acceptors (Lipinski definition) is 20. The van der Waals surface area contributed by atoms with E-state index < -0.39 is 78.4 Å². The summed E-state index contributed by atoms with van der Waals surface area (Å²) in [7, 11) is 0. The lowest BCUT2D eigenvalue weighted by Crippen LogP contribution is -2.53.